The van der Waals surface area contributed by atoms with E-state index in [4.69, 9.17) is 5.26 Å². The minimum absolute atomic E-state index is 0.578. The highest BCUT2D eigenvalue weighted by molar-refractivity contribution is 8.13. The van der Waals surface area contributed by atoms with Gasteiger partial charge in [-0.15, -0.1) is 0 Å². The van der Waals surface area contributed by atoms with E-state index in [0.717, 1.165) is 22.6 Å². The van der Waals surface area contributed by atoms with Crippen molar-refractivity contribution >= 4 is 22.6 Å². The van der Waals surface area contributed by atoms with E-state index < -0.39 is 0 Å². The lowest BCUT2D eigenvalue weighted by atomic mass is 10.1. The molecule has 1 N–H and O–H groups in total. The molecule has 1 aromatic carbocycles. The Morgan fingerprint density at radius 2 is 2.00 bits per heavy atom. The summed E-state index contributed by atoms with van der Waals surface area (Å²) in [5, 5.41) is 11.7. The fourth-order valence-corrected chi connectivity index (χ4v) is 2.04. The Kier molecular flexibility index (Phi) is 4.75. The van der Waals surface area contributed by atoms with Crippen LogP contribution in [0.4, 0.5) is 5.69 Å². The first-order valence-electron chi connectivity index (χ1n) is 6.05. The van der Waals surface area contributed by atoms with Crippen molar-refractivity contribution in [2.75, 3.05) is 6.26 Å². The summed E-state index contributed by atoms with van der Waals surface area (Å²) in [6.45, 7) is 1.97. The first kappa shape index (κ1) is 14.1. The maximum absolute atomic E-state index is 8.60. The van der Waals surface area contributed by atoms with Crippen LogP contribution in [0.15, 0.2) is 47.5 Å². The number of pyridine rings is 1. The first-order chi connectivity index (χ1) is 9.72. The van der Waals surface area contributed by atoms with Crippen LogP contribution in [-0.2, 0) is 0 Å². The Bertz CT molecular complexity index is 656. The minimum Gasteiger partial charge on any atom is -0.271 e. The van der Waals surface area contributed by atoms with Crippen molar-refractivity contribution in [1.82, 2.24) is 10.3 Å². The number of nitrogens with one attached hydrogen (secondary N) is 1. The molecular weight excluding hydrogens is 268 g/mol. The number of aromatic nitrogens is 1. The van der Waals surface area contributed by atoms with E-state index >= 15 is 0 Å². The van der Waals surface area contributed by atoms with Crippen molar-refractivity contribution in [3.63, 3.8) is 0 Å². The van der Waals surface area contributed by atoms with E-state index in [-0.39, 0.29) is 0 Å². The van der Waals surface area contributed by atoms with Gasteiger partial charge in [0.25, 0.3) is 0 Å². The van der Waals surface area contributed by atoms with Gasteiger partial charge in [-0.05, 0) is 37.4 Å². The van der Waals surface area contributed by atoms with Gasteiger partial charge in [0.2, 0.25) is 0 Å². The van der Waals surface area contributed by atoms with Crippen LogP contribution in [0, 0.1) is 18.4 Å². The van der Waals surface area contributed by atoms with Crippen LogP contribution in [0.1, 0.15) is 5.69 Å². The molecule has 2 aromatic rings. The number of aryl methyl sites for hydroxylation is 1. The quantitative estimate of drug-likeness (QED) is 0.396. The summed E-state index contributed by atoms with van der Waals surface area (Å²) < 4.78 is 0. The minimum atomic E-state index is 0.578. The average Bonchev–Trinajstić information content (AvgIpc) is 2.47. The second kappa shape index (κ2) is 6.73. The molecule has 0 amide bonds. The number of hydrogen-bond acceptors (Lipinski definition) is 4. The van der Waals surface area contributed by atoms with Gasteiger partial charge in [-0.1, -0.05) is 30.0 Å². The molecular formula is C15H14N4S. The number of benzene rings is 1. The summed E-state index contributed by atoms with van der Waals surface area (Å²) in [5.74, 6) is 0. The third kappa shape index (κ3) is 3.59. The number of thioether (sulfide) groups is 1. The third-order valence-corrected chi connectivity index (χ3v) is 3.22. The zero-order valence-electron chi connectivity index (χ0n) is 11.3. The number of amidine groups is 1. The molecule has 0 aliphatic rings. The SMILES string of the molecule is CSC(=Nc1ccc(-c2cccc(C)n2)cc1)NC#N. The molecule has 0 spiro atoms. The van der Waals surface area contributed by atoms with E-state index in [2.05, 4.69) is 15.3 Å². The molecule has 1 aromatic heterocycles. The van der Waals surface area contributed by atoms with Crippen molar-refractivity contribution in [1.29, 1.82) is 5.26 Å². The molecule has 0 saturated carbocycles. The standard InChI is InChI=1S/C15H14N4S/c1-11-4-3-5-14(18-11)12-6-8-13(9-7-12)19-15(20-2)17-10-16/h3-9H,1-2H3,(H,17,19). The Morgan fingerprint density at radius 3 is 2.60 bits per heavy atom. The summed E-state index contributed by atoms with van der Waals surface area (Å²) in [6, 6.07) is 13.7. The number of hydrogen-bond donors (Lipinski definition) is 1. The summed E-state index contributed by atoms with van der Waals surface area (Å²) in [6.07, 6.45) is 3.74. The van der Waals surface area contributed by atoms with E-state index in [1.54, 1.807) is 0 Å². The van der Waals surface area contributed by atoms with E-state index in [1.165, 1.54) is 11.8 Å². The van der Waals surface area contributed by atoms with Crippen molar-refractivity contribution in [2.24, 2.45) is 4.99 Å². The molecule has 0 unspecified atom stereocenters. The van der Waals surface area contributed by atoms with Crippen LogP contribution in [-0.4, -0.2) is 16.4 Å². The van der Waals surface area contributed by atoms with Gasteiger partial charge in [0.05, 0.1) is 11.4 Å². The highest BCUT2D eigenvalue weighted by Gasteiger charge is 2.00. The fourth-order valence-electron chi connectivity index (χ4n) is 1.70. The van der Waals surface area contributed by atoms with Crippen molar-refractivity contribution < 1.29 is 0 Å². The zero-order chi connectivity index (χ0) is 14.4. The molecule has 2 rings (SSSR count). The van der Waals surface area contributed by atoms with E-state index in [1.807, 2.05) is 61.8 Å². The monoisotopic (exact) mass is 282 g/mol. The zero-order valence-corrected chi connectivity index (χ0v) is 12.1. The van der Waals surface area contributed by atoms with E-state index in [0.29, 0.717) is 5.17 Å². The highest BCUT2D eigenvalue weighted by atomic mass is 32.2. The van der Waals surface area contributed by atoms with Gasteiger partial charge >= 0.3 is 0 Å². The van der Waals surface area contributed by atoms with Crippen molar-refractivity contribution in [3.8, 4) is 17.5 Å². The fraction of sp³-hybridized carbons (Fsp3) is 0.133. The number of rotatable bonds is 2. The van der Waals surface area contributed by atoms with Crippen LogP contribution < -0.4 is 5.32 Å². The molecule has 20 heavy (non-hydrogen) atoms. The van der Waals surface area contributed by atoms with Crippen LogP contribution in [0.2, 0.25) is 0 Å². The molecule has 0 radical (unpaired) electrons. The van der Waals surface area contributed by atoms with Gasteiger partial charge in [-0.2, -0.15) is 5.26 Å². The van der Waals surface area contributed by atoms with Crippen LogP contribution >= 0.6 is 11.8 Å². The molecule has 5 heteroatoms. The van der Waals surface area contributed by atoms with Gasteiger partial charge in [0.15, 0.2) is 11.4 Å². The molecule has 0 aliphatic carbocycles. The predicted octanol–water partition coefficient (Wildman–Crippen LogP) is 3.48. The number of nitriles is 1. The summed E-state index contributed by atoms with van der Waals surface area (Å²) >= 11 is 1.40. The predicted molar refractivity (Wildman–Crippen MR) is 83.8 cm³/mol. The smallest absolute Gasteiger partial charge is 0.183 e. The van der Waals surface area contributed by atoms with Crippen molar-refractivity contribution in [2.45, 2.75) is 6.92 Å². The summed E-state index contributed by atoms with van der Waals surface area (Å²) in [5.41, 5.74) is 3.79. The lowest BCUT2D eigenvalue weighted by Gasteiger charge is -2.03. The Labute approximate surface area is 122 Å². The average molecular weight is 282 g/mol. The normalized spacial score (nSPS) is 10.9. The second-order valence-corrected chi connectivity index (χ2v) is 4.86. The molecule has 0 atom stereocenters. The van der Waals surface area contributed by atoms with Gasteiger partial charge < -0.3 is 0 Å². The Hall–Kier alpha value is -2.32. The number of nitrogens with zero attached hydrogens (tertiary/aromatic N) is 3. The third-order valence-electron chi connectivity index (χ3n) is 2.64. The summed E-state index contributed by atoms with van der Waals surface area (Å²) in [4.78, 5) is 8.83. The van der Waals surface area contributed by atoms with Crippen LogP contribution in [0.5, 0.6) is 0 Å². The molecule has 0 fully saturated rings. The van der Waals surface area contributed by atoms with Gasteiger partial charge in [0.1, 0.15) is 0 Å². The Morgan fingerprint density at radius 1 is 1.25 bits per heavy atom. The van der Waals surface area contributed by atoms with Crippen LogP contribution in [0.25, 0.3) is 11.3 Å². The Balaban J connectivity index is 2.25. The van der Waals surface area contributed by atoms with Crippen molar-refractivity contribution in [3.05, 3.63) is 48.2 Å². The topological polar surface area (TPSA) is 61.1 Å². The van der Waals surface area contributed by atoms with E-state index in [9.17, 15) is 0 Å². The largest absolute Gasteiger partial charge is 0.271 e. The second-order valence-electron chi connectivity index (χ2n) is 4.07. The lowest BCUT2D eigenvalue weighted by Crippen LogP contribution is -2.12. The van der Waals surface area contributed by atoms with Gasteiger partial charge in [0, 0.05) is 11.3 Å². The maximum Gasteiger partial charge on any atom is 0.183 e. The molecule has 100 valence electrons. The van der Waals surface area contributed by atoms with Crippen LogP contribution in [0.3, 0.4) is 0 Å². The first-order valence-corrected chi connectivity index (χ1v) is 7.27. The lowest BCUT2D eigenvalue weighted by molar-refractivity contribution is 1.20. The molecule has 0 aliphatic heterocycles. The molecule has 0 saturated heterocycles. The molecule has 4 nitrogen and oxygen atoms in total. The van der Waals surface area contributed by atoms with Gasteiger partial charge in [-0.25, -0.2) is 4.99 Å². The molecule has 0 bridgehead atoms. The highest BCUT2D eigenvalue weighted by Crippen LogP contribution is 2.21. The maximum atomic E-state index is 8.60. The molecule has 1 heterocycles. The number of aliphatic imine (C=N–C) groups is 1. The van der Waals surface area contributed by atoms with Gasteiger partial charge in [-0.3, -0.25) is 10.3 Å². The summed E-state index contributed by atoms with van der Waals surface area (Å²) in [7, 11) is 0.